The molecule has 1 aromatic heterocycles. The fourth-order valence-corrected chi connectivity index (χ4v) is 1.55. The Balaban J connectivity index is 2.95. The van der Waals surface area contributed by atoms with E-state index in [-0.39, 0.29) is 12.5 Å². The van der Waals surface area contributed by atoms with Gasteiger partial charge in [-0.1, -0.05) is 25.4 Å². The fraction of sp³-hybridized carbons (Fsp3) is 0.444. The SMILES string of the molecule is CC(C)c1c(Cl)ncnc1NCC(N)=O. The summed E-state index contributed by atoms with van der Waals surface area (Å²) in [6, 6.07) is 0. The van der Waals surface area contributed by atoms with E-state index in [0.717, 1.165) is 5.56 Å². The van der Waals surface area contributed by atoms with Crippen LogP contribution in [0.4, 0.5) is 5.82 Å². The molecule has 0 atom stereocenters. The number of nitrogens with one attached hydrogen (secondary N) is 1. The minimum Gasteiger partial charge on any atom is -0.368 e. The van der Waals surface area contributed by atoms with E-state index >= 15 is 0 Å². The van der Waals surface area contributed by atoms with Gasteiger partial charge in [0.05, 0.1) is 6.54 Å². The normalized spacial score (nSPS) is 10.4. The zero-order chi connectivity index (χ0) is 11.4. The average Bonchev–Trinajstić information content (AvgIpc) is 2.13. The summed E-state index contributed by atoms with van der Waals surface area (Å²) in [5, 5.41) is 3.22. The van der Waals surface area contributed by atoms with Crippen LogP contribution < -0.4 is 11.1 Å². The molecule has 1 rings (SSSR count). The third-order valence-corrected chi connectivity index (χ3v) is 2.14. The van der Waals surface area contributed by atoms with Crippen molar-refractivity contribution < 1.29 is 4.79 Å². The number of amides is 1. The van der Waals surface area contributed by atoms with Gasteiger partial charge in [0.2, 0.25) is 5.91 Å². The first-order chi connectivity index (χ1) is 7.02. The highest BCUT2D eigenvalue weighted by atomic mass is 35.5. The highest BCUT2D eigenvalue weighted by molar-refractivity contribution is 6.30. The standard InChI is InChI=1S/C9H13ClN4O/c1-5(2)7-8(10)13-4-14-9(7)12-3-6(11)15/h4-5H,3H2,1-2H3,(H2,11,15)(H,12,13,14). The fourth-order valence-electron chi connectivity index (χ4n) is 1.20. The molecule has 15 heavy (non-hydrogen) atoms. The van der Waals surface area contributed by atoms with Crippen molar-refractivity contribution in [3.8, 4) is 0 Å². The van der Waals surface area contributed by atoms with E-state index in [1.165, 1.54) is 6.33 Å². The summed E-state index contributed by atoms with van der Waals surface area (Å²) >= 11 is 5.93. The topological polar surface area (TPSA) is 80.9 Å². The van der Waals surface area contributed by atoms with Crippen LogP contribution in [0.3, 0.4) is 0 Å². The molecule has 0 saturated carbocycles. The van der Waals surface area contributed by atoms with Crippen LogP contribution in [0.1, 0.15) is 25.3 Å². The molecule has 0 radical (unpaired) electrons. The van der Waals surface area contributed by atoms with Gasteiger partial charge in [-0.25, -0.2) is 9.97 Å². The lowest BCUT2D eigenvalue weighted by atomic mass is 10.1. The quantitative estimate of drug-likeness (QED) is 0.758. The van der Waals surface area contributed by atoms with Crippen LogP contribution >= 0.6 is 11.6 Å². The van der Waals surface area contributed by atoms with Crippen molar-refractivity contribution in [2.24, 2.45) is 5.73 Å². The number of rotatable bonds is 4. The van der Waals surface area contributed by atoms with Gasteiger partial charge >= 0.3 is 0 Å². The number of halogens is 1. The monoisotopic (exact) mass is 228 g/mol. The highest BCUT2D eigenvalue weighted by Crippen LogP contribution is 2.27. The predicted molar refractivity (Wildman–Crippen MR) is 58.8 cm³/mol. The van der Waals surface area contributed by atoms with Crippen LogP contribution in [0.5, 0.6) is 0 Å². The zero-order valence-electron chi connectivity index (χ0n) is 8.62. The number of nitrogens with zero attached hydrogens (tertiary/aromatic N) is 2. The number of carbonyl (C=O) groups excluding carboxylic acids is 1. The molecule has 0 aliphatic rings. The molecular weight excluding hydrogens is 216 g/mol. The molecule has 0 aliphatic carbocycles. The van der Waals surface area contributed by atoms with Gasteiger partial charge in [-0.2, -0.15) is 0 Å². The van der Waals surface area contributed by atoms with Crippen molar-refractivity contribution in [2.45, 2.75) is 19.8 Å². The van der Waals surface area contributed by atoms with Crippen molar-refractivity contribution in [3.63, 3.8) is 0 Å². The Bertz CT molecular complexity index is 367. The van der Waals surface area contributed by atoms with Crippen LogP contribution in [0, 0.1) is 0 Å². The van der Waals surface area contributed by atoms with Gasteiger partial charge in [-0.05, 0) is 5.92 Å². The molecule has 1 amide bonds. The first kappa shape index (κ1) is 11.7. The van der Waals surface area contributed by atoms with Crippen LogP contribution in [-0.2, 0) is 4.79 Å². The molecule has 0 aliphatic heterocycles. The smallest absolute Gasteiger partial charge is 0.236 e. The van der Waals surface area contributed by atoms with Crippen molar-refractivity contribution in [2.75, 3.05) is 11.9 Å². The lowest BCUT2D eigenvalue weighted by Gasteiger charge is -2.13. The number of aromatic nitrogens is 2. The minimum absolute atomic E-state index is 0.0348. The van der Waals surface area contributed by atoms with Crippen LogP contribution in [-0.4, -0.2) is 22.4 Å². The molecule has 82 valence electrons. The molecule has 0 bridgehead atoms. The molecule has 0 saturated heterocycles. The summed E-state index contributed by atoms with van der Waals surface area (Å²) in [4.78, 5) is 18.5. The molecule has 0 spiro atoms. The van der Waals surface area contributed by atoms with E-state index in [0.29, 0.717) is 11.0 Å². The van der Waals surface area contributed by atoms with Gasteiger partial charge in [-0.3, -0.25) is 4.79 Å². The van der Waals surface area contributed by atoms with Gasteiger partial charge in [0, 0.05) is 5.56 Å². The molecule has 3 N–H and O–H groups in total. The third kappa shape index (κ3) is 3.06. The summed E-state index contributed by atoms with van der Waals surface area (Å²) in [6.45, 7) is 3.98. The minimum atomic E-state index is -0.445. The molecule has 1 heterocycles. The summed E-state index contributed by atoms with van der Waals surface area (Å²) in [6.07, 6.45) is 1.34. The molecular formula is C9H13ClN4O. The van der Waals surface area contributed by atoms with Gasteiger partial charge in [0.15, 0.2) is 0 Å². The Kier molecular flexibility index (Phi) is 3.85. The first-order valence-electron chi connectivity index (χ1n) is 4.55. The highest BCUT2D eigenvalue weighted by Gasteiger charge is 2.13. The lowest BCUT2D eigenvalue weighted by Crippen LogP contribution is -2.23. The maximum Gasteiger partial charge on any atom is 0.236 e. The average molecular weight is 229 g/mol. The molecule has 0 unspecified atom stereocenters. The largest absolute Gasteiger partial charge is 0.368 e. The maximum atomic E-state index is 10.6. The van der Waals surface area contributed by atoms with Crippen molar-refractivity contribution >= 4 is 23.3 Å². The Morgan fingerprint density at radius 3 is 2.80 bits per heavy atom. The summed E-state index contributed by atoms with van der Waals surface area (Å²) in [7, 11) is 0. The second-order valence-electron chi connectivity index (χ2n) is 3.40. The Labute approximate surface area is 93.0 Å². The molecule has 0 fully saturated rings. The Morgan fingerprint density at radius 2 is 2.27 bits per heavy atom. The Morgan fingerprint density at radius 1 is 1.60 bits per heavy atom. The van der Waals surface area contributed by atoms with E-state index in [1.54, 1.807) is 0 Å². The summed E-state index contributed by atoms with van der Waals surface area (Å²) < 4.78 is 0. The van der Waals surface area contributed by atoms with E-state index in [9.17, 15) is 4.79 Å². The first-order valence-corrected chi connectivity index (χ1v) is 4.92. The summed E-state index contributed by atoms with van der Waals surface area (Å²) in [5.74, 6) is 0.289. The van der Waals surface area contributed by atoms with E-state index in [1.807, 2.05) is 13.8 Å². The molecule has 5 nitrogen and oxygen atoms in total. The van der Waals surface area contributed by atoms with Gasteiger partial charge in [0.1, 0.15) is 17.3 Å². The van der Waals surface area contributed by atoms with Crippen LogP contribution in [0.15, 0.2) is 6.33 Å². The molecule has 0 aromatic carbocycles. The van der Waals surface area contributed by atoms with Gasteiger partial charge < -0.3 is 11.1 Å². The van der Waals surface area contributed by atoms with E-state index in [4.69, 9.17) is 17.3 Å². The number of anilines is 1. The van der Waals surface area contributed by atoms with E-state index < -0.39 is 5.91 Å². The third-order valence-electron chi connectivity index (χ3n) is 1.84. The van der Waals surface area contributed by atoms with Gasteiger partial charge in [-0.15, -0.1) is 0 Å². The number of hydrogen-bond acceptors (Lipinski definition) is 4. The number of hydrogen-bond donors (Lipinski definition) is 2. The number of nitrogens with two attached hydrogens (primary N) is 1. The van der Waals surface area contributed by atoms with E-state index in [2.05, 4.69) is 15.3 Å². The van der Waals surface area contributed by atoms with Crippen LogP contribution in [0.25, 0.3) is 0 Å². The number of carbonyl (C=O) groups is 1. The number of primary amides is 1. The second kappa shape index (κ2) is 4.93. The predicted octanol–water partition coefficient (Wildman–Crippen LogP) is 1.15. The Hall–Kier alpha value is -1.36. The molecule has 1 aromatic rings. The lowest BCUT2D eigenvalue weighted by molar-refractivity contribution is -0.116. The molecule has 6 heteroatoms. The van der Waals surface area contributed by atoms with Crippen molar-refractivity contribution in [1.29, 1.82) is 0 Å². The summed E-state index contributed by atoms with van der Waals surface area (Å²) in [5.41, 5.74) is 5.82. The maximum absolute atomic E-state index is 10.6. The zero-order valence-corrected chi connectivity index (χ0v) is 9.38. The van der Waals surface area contributed by atoms with Gasteiger partial charge in [0.25, 0.3) is 0 Å². The van der Waals surface area contributed by atoms with Crippen molar-refractivity contribution in [1.82, 2.24) is 9.97 Å². The van der Waals surface area contributed by atoms with Crippen LogP contribution in [0.2, 0.25) is 5.15 Å². The second-order valence-corrected chi connectivity index (χ2v) is 3.76. The van der Waals surface area contributed by atoms with Crippen molar-refractivity contribution in [3.05, 3.63) is 17.0 Å².